The van der Waals surface area contributed by atoms with Gasteiger partial charge in [-0.25, -0.2) is 18.4 Å². The van der Waals surface area contributed by atoms with Gasteiger partial charge in [0, 0.05) is 25.5 Å². The third-order valence-electron chi connectivity index (χ3n) is 5.04. The Labute approximate surface area is 185 Å². The number of aryl methyl sites for hydroxylation is 1. The molecule has 1 aliphatic heterocycles. The predicted octanol–water partition coefficient (Wildman–Crippen LogP) is 3.46. The lowest BCUT2D eigenvalue weighted by Gasteiger charge is -2.30. The first-order valence-electron chi connectivity index (χ1n) is 9.93. The van der Waals surface area contributed by atoms with Crippen LogP contribution in [0.15, 0.2) is 39.9 Å². The van der Waals surface area contributed by atoms with Crippen molar-refractivity contribution in [1.82, 2.24) is 24.5 Å². The van der Waals surface area contributed by atoms with Crippen molar-refractivity contribution in [2.45, 2.75) is 37.5 Å². The summed E-state index contributed by atoms with van der Waals surface area (Å²) in [6.45, 7) is 4.73. The summed E-state index contributed by atoms with van der Waals surface area (Å²) < 4.78 is 39.0. The number of piperidine rings is 1. The van der Waals surface area contributed by atoms with Gasteiger partial charge in [-0.3, -0.25) is 0 Å². The van der Waals surface area contributed by atoms with E-state index >= 15 is 0 Å². The fourth-order valence-corrected chi connectivity index (χ4v) is 5.30. The van der Waals surface area contributed by atoms with Crippen LogP contribution in [0.3, 0.4) is 0 Å². The number of ether oxygens (including phenoxy) is 1. The number of halogens is 1. The molecule has 3 aromatic rings. The average molecular weight is 464 g/mol. The highest BCUT2D eigenvalue weighted by atomic mass is 35.5. The van der Waals surface area contributed by atoms with Crippen LogP contribution in [0.25, 0.3) is 11.5 Å². The van der Waals surface area contributed by atoms with Gasteiger partial charge in [-0.05, 0) is 44.9 Å². The van der Waals surface area contributed by atoms with Crippen LogP contribution in [0.2, 0.25) is 5.02 Å². The lowest BCUT2D eigenvalue weighted by Crippen LogP contribution is -2.39. The molecule has 1 saturated heterocycles. The molecule has 0 aliphatic carbocycles. The predicted molar refractivity (Wildman–Crippen MR) is 113 cm³/mol. The van der Waals surface area contributed by atoms with Gasteiger partial charge < -0.3 is 9.15 Å². The second kappa shape index (κ2) is 8.89. The van der Waals surface area contributed by atoms with E-state index < -0.39 is 10.0 Å². The van der Waals surface area contributed by atoms with Gasteiger partial charge in [0.15, 0.2) is 0 Å². The Bertz CT molecular complexity index is 1170. The Kier molecular flexibility index (Phi) is 6.22. The first-order chi connectivity index (χ1) is 14.9. The smallest absolute Gasteiger partial charge is 0.250 e. The zero-order valence-electron chi connectivity index (χ0n) is 17.2. The van der Waals surface area contributed by atoms with Gasteiger partial charge in [0.05, 0.1) is 28.0 Å². The van der Waals surface area contributed by atoms with Gasteiger partial charge in [0.25, 0.3) is 5.89 Å². The largest absolute Gasteiger partial charge is 0.492 e. The van der Waals surface area contributed by atoms with Crippen molar-refractivity contribution in [3.63, 3.8) is 0 Å². The number of aromatic nitrogens is 4. The van der Waals surface area contributed by atoms with Crippen molar-refractivity contribution in [2.24, 2.45) is 0 Å². The SMILES string of the molecule is CCOc1ccc(S(=O)(=O)N2CCC[C@@H](c3nnc(-c4cnc(C)nc4)o3)C2)cc1Cl. The molecule has 9 nitrogen and oxygen atoms in total. The number of rotatable bonds is 6. The normalized spacial score (nSPS) is 17.6. The second-order valence-corrected chi connectivity index (χ2v) is 9.54. The van der Waals surface area contributed by atoms with E-state index in [4.69, 9.17) is 20.8 Å². The van der Waals surface area contributed by atoms with E-state index in [1.807, 2.05) is 6.92 Å². The first kappa shape index (κ1) is 21.7. The molecule has 0 bridgehead atoms. The molecule has 1 aromatic carbocycles. The molecule has 1 fully saturated rings. The maximum Gasteiger partial charge on any atom is 0.250 e. The van der Waals surface area contributed by atoms with Gasteiger partial charge >= 0.3 is 0 Å². The van der Waals surface area contributed by atoms with Crippen LogP contribution < -0.4 is 4.74 Å². The standard InChI is InChI=1S/C20H22ClN5O4S/c1-3-29-18-7-6-16(9-17(18)21)31(27,28)26-8-4-5-14(12-26)19-24-25-20(30-19)15-10-22-13(2)23-11-15/h6-7,9-11,14H,3-5,8,12H2,1-2H3/t14-/m1/s1. The van der Waals surface area contributed by atoms with Crippen LogP contribution in [0.1, 0.15) is 37.4 Å². The van der Waals surface area contributed by atoms with Crippen LogP contribution in [-0.4, -0.2) is 52.6 Å². The van der Waals surface area contributed by atoms with E-state index in [-0.39, 0.29) is 22.4 Å². The molecule has 164 valence electrons. The number of benzene rings is 1. The maximum atomic E-state index is 13.2. The number of nitrogens with zero attached hydrogens (tertiary/aromatic N) is 5. The molecule has 3 heterocycles. The van der Waals surface area contributed by atoms with Gasteiger partial charge in [-0.15, -0.1) is 10.2 Å². The highest BCUT2D eigenvalue weighted by molar-refractivity contribution is 7.89. The molecule has 0 N–H and O–H groups in total. The summed E-state index contributed by atoms with van der Waals surface area (Å²) in [5.41, 5.74) is 0.619. The molecule has 31 heavy (non-hydrogen) atoms. The van der Waals surface area contributed by atoms with Crippen molar-refractivity contribution in [3.8, 4) is 17.2 Å². The summed E-state index contributed by atoms with van der Waals surface area (Å²) in [7, 11) is -3.72. The summed E-state index contributed by atoms with van der Waals surface area (Å²) in [6, 6.07) is 4.51. The van der Waals surface area contributed by atoms with Crippen molar-refractivity contribution >= 4 is 21.6 Å². The van der Waals surface area contributed by atoms with Crippen LogP contribution in [0, 0.1) is 6.92 Å². The van der Waals surface area contributed by atoms with Gasteiger partial charge in [-0.1, -0.05) is 11.6 Å². The first-order valence-corrected chi connectivity index (χ1v) is 11.7. The van der Waals surface area contributed by atoms with Gasteiger partial charge in [-0.2, -0.15) is 4.31 Å². The van der Waals surface area contributed by atoms with E-state index in [0.717, 1.165) is 6.42 Å². The van der Waals surface area contributed by atoms with Crippen molar-refractivity contribution in [1.29, 1.82) is 0 Å². The van der Waals surface area contributed by atoms with Crippen LogP contribution >= 0.6 is 11.6 Å². The zero-order chi connectivity index (χ0) is 22.0. The molecular formula is C20H22ClN5O4S. The number of sulfonamides is 1. The minimum absolute atomic E-state index is 0.129. The zero-order valence-corrected chi connectivity index (χ0v) is 18.7. The summed E-state index contributed by atoms with van der Waals surface area (Å²) in [5, 5.41) is 8.48. The topological polar surface area (TPSA) is 111 Å². The monoisotopic (exact) mass is 463 g/mol. The minimum Gasteiger partial charge on any atom is -0.492 e. The Morgan fingerprint density at radius 3 is 2.74 bits per heavy atom. The second-order valence-electron chi connectivity index (χ2n) is 7.19. The van der Waals surface area contributed by atoms with E-state index in [0.29, 0.717) is 48.5 Å². The summed E-state index contributed by atoms with van der Waals surface area (Å²) in [6.07, 6.45) is 4.67. The molecule has 4 rings (SSSR count). The lowest BCUT2D eigenvalue weighted by molar-refractivity contribution is 0.286. The van der Waals surface area contributed by atoms with E-state index in [1.165, 1.54) is 16.4 Å². The third-order valence-corrected chi connectivity index (χ3v) is 7.20. The Morgan fingerprint density at radius 2 is 2.03 bits per heavy atom. The summed E-state index contributed by atoms with van der Waals surface area (Å²) in [5.74, 6) is 1.62. The van der Waals surface area contributed by atoms with Crippen molar-refractivity contribution in [2.75, 3.05) is 19.7 Å². The van der Waals surface area contributed by atoms with E-state index in [2.05, 4.69) is 20.2 Å². The summed E-state index contributed by atoms with van der Waals surface area (Å²) >= 11 is 6.20. The molecule has 1 atom stereocenters. The Balaban J connectivity index is 1.53. The van der Waals surface area contributed by atoms with E-state index in [9.17, 15) is 8.42 Å². The highest BCUT2D eigenvalue weighted by Gasteiger charge is 2.33. The molecular weight excluding hydrogens is 442 g/mol. The molecule has 11 heteroatoms. The van der Waals surface area contributed by atoms with Crippen LogP contribution in [-0.2, 0) is 10.0 Å². The molecule has 0 radical (unpaired) electrons. The molecule has 0 amide bonds. The minimum atomic E-state index is -3.72. The van der Waals surface area contributed by atoms with Crippen LogP contribution in [0.4, 0.5) is 0 Å². The van der Waals surface area contributed by atoms with Gasteiger partial charge in [0.2, 0.25) is 15.9 Å². The van der Waals surface area contributed by atoms with E-state index in [1.54, 1.807) is 25.4 Å². The molecule has 0 spiro atoms. The highest BCUT2D eigenvalue weighted by Crippen LogP contribution is 2.33. The third kappa shape index (κ3) is 4.56. The van der Waals surface area contributed by atoms with Crippen molar-refractivity contribution < 1.29 is 17.6 Å². The van der Waals surface area contributed by atoms with Gasteiger partial charge in [0.1, 0.15) is 11.6 Å². The molecule has 1 aliphatic rings. The van der Waals surface area contributed by atoms with Crippen molar-refractivity contribution in [3.05, 3.63) is 47.3 Å². The maximum absolute atomic E-state index is 13.2. The fourth-order valence-electron chi connectivity index (χ4n) is 3.45. The number of hydrogen-bond acceptors (Lipinski definition) is 8. The van der Waals surface area contributed by atoms with Crippen LogP contribution in [0.5, 0.6) is 5.75 Å². The lowest BCUT2D eigenvalue weighted by atomic mass is 10.00. The fraction of sp³-hybridized carbons (Fsp3) is 0.400. The molecule has 0 unspecified atom stereocenters. The summed E-state index contributed by atoms with van der Waals surface area (Å²) in [4.78, 5) is 8.40. The number of hydrogen-bond donors (Lipinski definition) is 0. The molecule has 2 aromatic heterocycles. The Hall–Kier alpha value is -2.56. The average Bonchev–Trinajstić information content (AvgIpc) is 3.26. The quantitative estimate of drug-likeness (QED) is 0.546. The Morgan fingerprint density at radius 1 is 1.26 bits per heavy atom. The molecule has 0 saturated carbocycles.